The third kappa shape index (κ3) is 3.67. The van der Waals surface area contributed by atoms with Gasteiger partial charge < -0.3 is 14.7 Å². The fourth-order valence-corrected chi connectivity index (χ4v) is 2.44. The van der Waals surface area contributed by atoms with Crippen LogP contribution in [0.15, 0.2) is 28.8 Å². The van der Waals surface area contributed by atoms with Crippen LogP contribution in [0.1, 0.15) is 34.3 Å². The Labute approximate surface area is 131 Å². The van der Waals surface area contributed by atoms with Crippen molar-refractivity contribution in [1.29, 1.82) is 0 Å². The van der Waals surface area contributed by atoms with Crippen LogP contribution in [0.4, 0.5) is 5.69 Å². The first kappa shape index (κ1) is 16.1. The van der Waals surface area contributed by atoms with Gasteiger partial charge in [0.05, 0.1) is 5.69 Å². The van der Waals surface area contributed by atoms with Gasteiger partial charge in [-0.3, -0.25) is 4.79 Å². The van der Waals surface area contributed by atoms with Crippen molar-refractivity contribution in [3.63, 3.8) is 0 Å². The monoisotopic (exact) mass is 301 g/mol. The molecule has 0 radical (unpaired) electrons. The molecule has 0 spiro atoms. The topological polar surface area (TPSA) is 58.4 Å². The Balaban J connectivity index is 1.98. The SMILES string of the molecule is Cc1noc(C)c1C(=O)NC(C)Cc1ccc(N(C)C)cc1. The molecule has 5 heteroatoms. The van der Waals surface area contributed by atoms with Gasteiger partial charge in [0.2, 0.25) is 0 Å². The Kier molecular flexibility index (Phi) is 4.85. The largest absolute Gasteiger partial charge is 0.378 e. The zero-order chi connectivity index (χ0) is 16.3. The molecule has 22 heavy (non-hydrogen) atoms. The zero-order valence-corrected chi connectivity index (χ0v) is 13.8. The summed E-state index contributed by atoms with van der Waals surface area (Å²) in [4.78, 5) is 14.3. The number of carbonyl (C=O) groups is 1. The molecule has 0 aliphatic rings. The first-order chi connectivity index (χ1) is 10.4. The van der Waals surface area contributed by atoms with Gasteiger partial charge in [-0.25, -0.2) is 0 Å². The molecule has 0 aliphatic carbocycles. The maximum absolute atomic E-state index is 12.3. The molecule has 118 valence electrons. The van der Waals surface area contributed by atoms with Crippen molar-refractivity contribution in [1.82, 2.24) is 10.5 Å². The maximum Gasteiger partial charge on any atom is 0.257 e. The van der Waals surface area contributed by atoms with E-state index in [4.69, 9.17) is 4.52 Å². The van der Waals surface area contributed by atoms with Crippen LogP contribution in [-0.4, -0.2) is 31.2 Å². The predicted octanol–water partition coefficient (Wildman–Crippen LogP) is 2.72. The van der Waals surface area contributed by atoms with Crippen molar-refractivity contribution in [2.24, 2.45) is 0 Å². The second-order valence-corrected chi connectivity index (χ2v) is 5.84. The summed E-state index contributed by atoms with van der Waals surface area (Å²) in [5.41, 5.74) is 3.51. The van der Waals surface area contributed by atoms with Crippen molar-refractivity contribution in [3.8, 4) is 0 Å². The number of carbonyl (C=O) groups excluding carboxylic acids is 1. The number of nitrogens with one attached hydrogen (secondary N) is 1. The fourth-order valence-electron chi connectivity index (χ4n) is 2.44. The maximum atomic E-state index is 12.3. The molecule has 1 atom stereocenters. The fraction of sp³-hybridized carbons (Fsp3) is 0.412. The van der Waals surface area contributed by atoms with E-state index in [2.05, 4.69) is 39.6 Å². The Morgan fingerprint density at radius 1 is 1.27 bits per heavy atom. The van der Waals surface area contributed by atoms with E-state index in [1.807, 2.05) is 21.0 Å². The van der Waals surface area contributed by atoms with Crippen molar-refractivity contribution >= 4 is 11.6 Å². The van der Waals surface area contributed by atoms with Gasteiger partial charge in [0.25, 0.3) is 5.91 Å². The predicted molar refractivity (Wildman–Crippen MR) is 87.4 cm³/mol. The number of aromatic nitrogens is 1. The molecule has 0 saturated carbocycles. The summed E-state index contributed by atoms with van der Waals surface area (Å²) < 4.78 is 5.04. The molecule has 1 unspecified atom stereocenters. The van der Waals surface area contributed by atoms with E-state index in [1.54, 1.807) is 13.8 Å². The number of hydrogen-bond donors (Lipinski definition) is 1. The Bertz CT molecular complexity index is 625. The molecular formula is C17H23N3O2. The van der Waals surface area contributed by atoms with E-state index in [-0.39, 0.29) is 11.9 Å². The van der Waals surface area contributed by atoms with E-state index < -0.39 is 0 Å². The van der Waals surface area contributed by atoms with Crippen LogP contribution in [0, 0.1) is 13.8 Å². The number of aryl methyl sites for hydroxylation is 2. The van der Waals surface area contributed by atoms with E-state index >= 15 is 0 Å². The van der Waals surface area contributed by atoms with Crippen molar-refractivity contribution < 1.29 is 9.32 Å². The average Bonchev–Trinajstić information content (AvgIpc) is 2.78. The number of nitrogens with zero attached hydrogens (tertiary/aromatic N) is 2. The van der Waals surface area contributed by atoms with Crippen LogP contribution in [0.2, 0.25) is 0 Å². The summed E-state index contributed by atoms with van der Waals surface area (Å²) in [6.45, 7) is 5.52. The third-order valence-corrected chi connectivity index (χ3v) is 3.63. The lowest BCUT2D eigenvalue weighted by Crippen LogP contribution is -2.34. The van der Waals surface area contributed by atoms with Crippen LogP contribution < -0.4 is 10.2 Å². The molecule has 1 aromatic heterocycles. The summed E-state index contributed by atoms with van der Waals surface area (Å²) in [5.74, 6) is 0.422. The molecule has 5 nitrogen and oxygen atoms in total. The highest BCUT2D eigenvalue weighted by molar-refractivity contribution is 5.96. The van der Waals surface area contributed by atoms with Gasteiger partial charge in [-0.2, -0.15) is 0 Å². The third-order valence-electron chi connectivity index (χ3n) is 3.63. The van der Waals surface area contributed by atoms with Crippen LogP contribution in [0.25, 0.3) is 0 Å². The zero-order valence-electron chi connectivity index (χ0n) is 13.8. The molecule has 0 bridgehead atoms. The van der Waals surface area contributed by atoms with Crippen molar-refractivity contribution in [2.75, 3.05) is 19.0 Å². The lowest BCUT2D eigenvalue weighted by Gasteiger charge is -2.16. The Morgan fingerprint density at radius 3 is 2.41 bits per heavy atom. The highest BCUT2D eigenvalue weighted by atomic mass is 16.5. The van der Waals surface area contributed by atoms with Gasteiger partial charge in [-0.05, 0) is 44.9 Å². The minimum Gasteiger partial charge on any atom is -0.378 e. The summed E-state index contributed by atoms with van der Waals surface area (Å²) in [6.07, 6.45) is 0.781. The lowest BCUT2D eigenvalue weighted by atomic mass is 10.1. The first-order valence-electron chi connectivity index (χ1n) is 7.38. The summed E-state index contributed by atoms with van der Waals surface area (Å²) in [6, 6.07) is 8.38. The van der Waals surface area contributed by atoms with E-state index in [0.717, 1.165) is 12.1 Å². The second kappa shape index (κ2) is 6.64. The molecule has 0 aliphatic heterocycles. The van der Waals surface area contributed by atoms with Crippen LogP contribution in [-0.2, 0) is 6.42 Å². The molecule has 1 amide bonds. The minimum atomic E-state index is -0.131. The number of hydrogen-bond acceptors (Lipinski definition) is 4. The summed E-state index contributed by atoms with van der Waals surface area (Å²) in [7, 11) is 4.03. The summed E-state index contributed by atoms with van der Waals surface area (Å²) in [5, 5.41) is 6.81. The normalized spacial score (nSPS) is 12.0. The second-order valence-electron chi connectivity index (χ2n) is 5.84. The molecule has 0 saturated heterocycles. The number of rotatable bonds is 5. The van der Waals surface area contributed by atoms with Gasteiger partial charge in [0.15, 0.2) is 0 Å². The smallest absolute Gasteiger partial charge is 0.257 e. The van der Waals surface area contributed by atoms with Crippen molar-refractivity contribution in [3.05, 3.63) is 46.8 Å². The molecule has 1 aromatic carbocycles. The van der Waals surface area contributed by atoms with Gasteiger partial charge in [-0.15, -0.1) is 0 Å². The van der Waals surface area contributed by atoms with Gasteiger partial charge in [-0.1, -0.05) is 17.3 Å². The van der Waals surface area contributed by atoms with Gasteiger partial charge >= 0.3 is 0 Å². The van der Waals surface area contributed by atoms with Crippen molar-refractivity contribution in [2.45, 2.75) is 33.2 Å². The Hall–Kier alpha value is -2.30. The molecule has 1 heterocycles. The van der Waals surface area contributed by atoms with E-state index in [0.29, 0.717) is 17.0 Å². The minimum absolute atomic E-state index is 0.0337. The molecule has 2 rings (SSSR count). The molecular weight excluding hydrogens is 278 g/mol. The van der Waals surface area contributed by atoms with Crippen LogP contribution in [0.3, 0.4) is 0 Å². The molecule has 2 aromatic rings. The molecule has 0 fully saturated rings. The number of anilines is 1. The standard InChI is InChI=1S/C17H23N3O2/c1-11(10-14-6-8-15(9-7-14)20(4)5)18-17(21)16-12(2)19-22-13(16)3/h6-9,11H,10H2,1-5H3,(H,18,21). The average molecular weight is 301 g/mol. The quantitative estimate of drug-likeness (QED) is 0.922. The lowest BCUT2D eigenvalue weighted by molar-refractivity contribution is 0.0938. The van der Waals surface area contributed by atoms with Gasteiger partial charge in [0.1, 0.15) is 11.3 Å². The van der Waals surface area contributed by atoms with E-state index in [9.17, 15) is 4.79 Å². The van der Waals surface area contributed by atoms with Gasteiger partial charge in [0, 0.05) is 25.8 Å². The first-order valence-corrected chi connectivity index (χ1v) is 7.38. The summed E-state index contributed by atoms with van der Waals surface area (Å²) >= 11 is 0. The highest BCUT2D eigenvalue weighted by Crippen LogP contribution is 2.15. The highest BCUT2D eigenvalue weighted by Gasteiger charge is 2.19. The van der Waals surface area contributed by atoms with Crippen LogP contribution >= 0.6 is 0 Å². The molecule has 1 N–H and O–H groups in total. The number of amides is 1. The van der Waals surface area contributed by atoms with E-state index in [1.165, 1.54) is 5.56 Å². The van der Waals surface area contributed by atoms with Crippen LogP contribution in [0.5, 0.6) is 0 Å². The number of benzene rings is 1. The Morgan fingerprint density at radius 2 is 1.91 bits per heavy atom.